The lowest BCUT2D eigenvalue weighted by atomic mass is 9.65. The highest BCUT2D eigenvalue weighted by Gasteiger charge is 2.53. The van der Waals surface area contributed by atoms with E-state index < -0.39 is 0 Å². The van der Waals surface area contributed by atoms with Gasteiger partial charge < -0.3 is 5.32 Å². The van der Waals surface area contributed by atoms with Crippen molar-refractivity contribution >= 4 is 5.91 Å². The van der Waals surface area contributed by atoms with Gasteiger partial charge in [0.2, 0.25) is 5.91 Å². The summed E-state index contributed by atoms with van der Waals surface area (Å²) in [5.41, 5.74) is 0.0302. The Hall–Kier alpha value is -0.530. The van der Waals surface area contributed by atoms with Crippen LogP contribution in [0.2, 0.25) is 0 Å². The summed E-state index contributed by atoms with van der Waals surface area (Å²) in [5.74, 6) is 1.07. The number of rotatable bonds is 0. The monoisotopic (exact) mass is 263 g/mol. The third-order valence-electron chi connectivity index (χ3n) is 5.99. The molecule has 1 amide bonds. The summed E-state index contributed by atoms with van der Waals surface area (Å²) in [6.45, 7) is 0. The van der Waals surface area contributed by atoms with Gasteiger partial charge >= 0.3 is 0 Å². The first-order valence-corrected chi connectivity index (χ1v) is 8.64. The number of carbonyl (C=O) groups is 1. The molecule has 1 aliphatic heterocycles. The molecule has 2 saturated carbocycles. The Morgan fingerprint density at radius 3 is 2.11 bits per heavy atom. The maximum Gasteiger partial charge on any atom is 0.226 e. The fourth-order valence-electron chi connectivity index (χ4n) is 4.93. The van der Waals surface area contributed by atoms with E-state index in [9.17, 15) is 4.79 Å². The van der Waals surface area contributed by atoms with Crippen LogP contribution >= 0.6 is 0 Å². The van der Waals surface area contributed by atoms with Gasteiger partial charge in [-0.15, -0.1) is 0 Å². The molecule has 2 atom stereocenters. The highest BCUT2D eigenvalue weighted by Crippen LogP contribution is 2.49. The van der Waals surface area contributed by atoms with Gasteiger partial charge in [0, 0.05) is 6.04 Å². The minimum absolute atomic E-state index is 0.0302. The van der Waals surface area contributed by atoms with Gasteiger partial charge in [-0.2, -0.15) is 0 Å². The van der Waals surface area contributed by atoms with E-state index in [1.807, 2.05) is 0 Å². The quantitative estimate of drug-likeness (QED) is 0.697. The van der Waals surface area contributed by atoms with Crippen LogP contribution in [0.15, 0.2) is 0 Å². The molecule has 0 radical (unpaired) electrons. The van der Waals surface area contributed by atoms with Crippen LogP contribution in [0, 0.1) is 11.3 Å². The van der Waals surface area contributed by atoms with Crippen LogP contribution in [0.5, 0.6) is 0 Å². The molecule has 1 saturated heterocycles. The summed E-state index contributed by atoms with van der Waals surface area (Å²) in [6, 6.07) is 0.507. The van der Waals surface area contributed by atoms with Gasteiger partial charge in [-0.05, 0) is 31.6 Å². The van der Waals surface area contributed by atoms with Crippen LogP contribution in [0.1, 0.15) is 83.5 Å². The fraction of sp³-hybridized carbons (Fsp3) is 0.941. The average Bonchev–Trinajstić information content (AvgIpc) is 2.58. The maximum atomic E-state index is 12.7. The molecule has 0 aromatic heterocycles. The molecule has 0 aromatic rings. The van der Waals surface area contributed by atoms with E-state index in [0.717, 1.165) is 0 Å². The van der Waals surface area contributed by atoms with Crippen LogP contribution in [0.25, 0.3) is 0 Å². The highest BCUT2D eigenvalue weighted by atomic mass is 16.2. The number of nitrogens with one attached hydrogen (secondary N) is 1. The Bertz CT molecular complexity index is 317. The summed E-state index contributed by atoms with van der Waals surface area (Å²) >= 11 is 0. The van der Waals surface area contributed by atoms with Crippen molar-refractivity contribution in [1.82, 2.24) is 5.32 Å². The first-order chi connectivity index (χ1) is 9.33. The first-order valence-electron chi connectivity index (χ1n) is 8.64. The average molecular weight is 263 g/mol. The Balaban J connectivity index is 1.81. The smallest absolute Gasteiger partial charge is 0.226 e. The number of carbonyl (C=O) groups excluding carboxylic acids is 1. The van der Waals surface area contributed by atoms with Crippen LogP contribution < -0.4 is 5.32 Å². The molecular formula is C17H29NO. The molecule has 1 heterocycles. The van der Waals surface area contributed by atoms with Crippen LogP contribution in [-0.4, -0.2) is 11.9 Å². The lowest BCUT2D eigenvalue weighted by Crippen LogP contribution is -2.36. The van der Waals surface area contributed by atoms with E-state index in [0.29, 0.717) is 17.9 Å². The van der Waals surface area contributed by atoms with E-state index in [4.69, 9.17) is 0 Å². The van der Waals surface area contributed by atoms with Crippen molar-refractivity contribution in [3.05, 3.63) is 0 Å². The molecule has 3 fully saturated rings. The molecule has 2 nitrogen and oxygen atoms in total. The second-order valence-electron chi connectivity index (χ2n) is 7.10. The topological polar surface area (TPSA) is 29.1 Å². The number of fused-ring (bicyclic) bond motifs is 2. The molecule has 2 aliphatic carbocycles. The van der Waals surface area contributed by atoms with Gasteiger partial charge in [0.25, 0.3) is 0 Å². The minimum atomic E-state index is 0.0302. The van der Waals surface area contributed by atoms with Crippen molar-refractivity contribution in [2.24, 2.45) is 11.3 Å². The zero-order chi connectivity index (χ0) is 13.1. The fourth-order valence-corrected chi connectivity index (χ4v) is 4.93. The second-order valence-corrected chi connectivity index (χ2v) is 7.10. The van der Waals surface area contributed by atoms with Crippen LogP contribution in [-0.2, 0) is 4.79 Å². The standard InChI is InChI=1S/C17H29NO/c19-16-17(12-8-4-1-5-9-13-17)14-10-6-2-3-7-11-15(14)18-16/h14-15H,1-13H2,(H,18,19). The van der Waals surface area contributed by atoms with Crippen molar-refractivity contribution in [3.63, 3.8) is 0 Å². The number of amides is 1. The Morgan fingerprint density at radius 2 is 1.37 bits per heavy atom. The lowest BCUT2D eigenvalue weighted by Gasteiger charge is -2.36. The van der Waals surface area contributed by atoms with E-state index in [2.05, 4.69) is 5.32 Å². The van der Waals surface area contributed by atoms with E-state index in [1.54, 1.807) is 0 Å². The van der Waals surface area contributed by atoms with E-state index in [1.165, 1.54) is 83.5 Å². The highest BCUT2D eigenvalue weighted by molar-refractivity contribution is 5.86. The molecule has 3 aliphatic rings. The summed E-state index contributed by atoms with van der Waals surface area (Å²) in [4.78, 5) is 12.7. The largest absolute Gasteiger partial charge is 0.353 e. The zero-order valence-corrected chi connectivity index (χ0v) is 12.3. The summed E-state index contributed by atoms with van der Waals surface area (Å²) < 4.78 is 0. The Labute approximate surface area is 117 Å². The summed E-state index contributed by atoms with van der Waals surface area (Å²) in [6.07, 6.45) is 16.9. The molecule has 0 aromatic carbocycles. The van der Waals surface area contributed by atoms with Crippen molar-refractivity contribution in [3.8, 4) is 0 Å². The van der Waals surface area contributed by atoms with Gasteiger partial charge in [-0.1, -0.05) is 57.8 Å². The minimum Gasteiger partial charge on any atom is -0.353 e. The van der Waals surface area contributed by atoms with Crippen molar-refractivity contribution in [2.75, 3.05) is 0 Å². The molecule has 19 heavy (non-hydrogen) atoms. The zero-order valence-electron chi connectivity index (χ0n) is 12.3. The molecule has 2 heteroatoms. The summed E-state index contributed by atoms with van der Waals surface area (Å²) in [7, 11) is 0. The SMILES string of the molecule is O=C1NC2CCCCCCC2C12CCCCCCC2. The third-order valence-corrected chi connectivity index (χ3v) is 5.99. The molecule has 1 spiro atoms. The van der Waals surface area contributed by atoms with Crippen LogP contribution in [0.4, 0.5) is 0 Å². The normalized spacial score (nSPS) is 35.7. The molecule has 3 rings (SSSR count). The van der Waals surface area contributed by atoms with Gasteiger partial charge in [0.1, 0.15) is 0 Å². The molecule has 108 valence electrons. The molecule has 2 unspecified atom stereocenters. The summed E-state index contributed by atoms with van der Waals surface area (Å²) in [5, 5.41) is 3.39. The molecule has 1 N–H and O–H groups in total. The van der Waals surface area contributed by atoms with Crippen molar-refractivity contribution < 1.29 is 4.79 Å². The predicted molar refractivity (Wildman–Crippen MR) is 77.9 cm³/mol. The predicted octanol–water partition coefficient (Wildman–Crippen LogP) is 4.19. The Morgan fingerprint density at radius 1 is 0.789 bits per heavy atom. The first kappa shape index (κ1) is 13.5. The van der Waals surface area contributed by atoms with Crippen molar-refractivity contribution in [2.45, 2.75) is 89.5 Å². The van der Waals surface area contributed by atoms with E-state index in [-0.39, 0.29) is 5.41 Å². The lowest BCUT2D eigenvalue weighted by molar-refractivity contribution is -0.130. The molecule has 0 bridgehead atoms. The van der Waals surface area contributed by atoms with Gasteiger partial charge in [-0.3, -0.25) is 4.79 Å². The van der Waals surface area contributed by atoms with Gasteiger partial charge in [-0.25, -0.2) is 0 Å². The van der Waals surface area contributed by atoms with Gasteiger partial charge in [0.05, 0.1) is 5.41 Å². The Kier molecular flexibility index (Phi) is 4.14. The van der Waals surface area contributed by atoms with E-state index >= 15 is 0 Å². The molecular weight excluding hydrogens is 234 g/mol. The second kappa shape index (κ2) is 5.85. The van der Waals surface area contributed by atoms with Gasteiger partial charge in [0.15, 0.2) is 0 Å². The third kappa shape index (κ3) is 2.55. The number of hydrogen-bond donors (Lipinski definition) is 1. The maximum absolute atomic E-state index is 12.7. The van der Waals surface area contributed by atoms with Crippen molar-refractivity contribution in [1.29, 1.82) is 0 Å². The van der Waals surface area contributed by atoms with Crippen LogP contribution in [0.3, 0.4) is 0 Å². The number of hydrogen-bond acceptors (Lipinski definition) is 1.